The molecule has 0 bridgehead atoms. The van der Waals surface area contributed by atoms with Crippen molar-refractivity contribution in [1.29, 1.82) is 0 Å². The van der Waals surface area contributed by atoms with Crippen LogP contribution in [0.3, 0.4) is 0 Å². The van der Waals surface area contributed by atoms with E-state index in [0.717, 1.165) is 0 Å². The second kappa shape index (κ2) is 7.51. The summed E-state index contributed by atoms with van der Waals surface area (Å²) in [5.41, 5.74) is 0.412. The molecule has 2 atom stereocenters. The third-order valence-corrected chi connectivity index (χ3v) is 3.57. The largest absolute Gasteiger partial charge is 0.478 e. The van der Waals surface area contributed by atoms with Gasteiger partial charge >= 0.3 is 19.8 Å². The minimum absolute atomic E-state index is 0.140. The zero-order valence-electron chi connectivity index (χ0n) is 11.8. The topological polar surface area (TPSA) is 97.4 Å². The number of carbonyl (C=O) groups excluding carboxylic acids is 2. The number of esters is 2. The fourth-order valence-electron chi connectivity index (χ4n) is 1.11. The van der Waals surface area contributed by atoms with E-state index in [2.05, 4.69) is 13.2 Å². The van der Waals surface area contributed by atoms with Crippen molar-refractivity contribution in [1.82, 2.24) is 0 Å². The molecule has 118 valence electrons. The third kappa shape index (κ3) is 5.81. The van der Waals surface area contributed by atoms with Gasteiger partial charge in [-0.15, -0.1) is 0 Å². The summed E-state index contributed by atoms with van der Waals surface area (Å²) in [5.74, 6) is -1.27. The number of phosphoric ester groups is 1. The van der Waals surface area contributed by atoms with Crippen LogP contribution in [-0.2, 0) is 37.2 Å². The highest BCUT2D eigenvalue weighted by atomic mass is 31.2. The van der Waals surface area contributed by atoms with Gasteiger partial charge in [-0.1, -0.05) is 13.2 Å². The second-order valence-corrected chi connectivity index (χ2v) is 5.83. The Morgan fingerprint density at radius 1 is 1.19 bits per heavy atom. The number of hydrogen-bond acceptors (Lipinski definition) is 8. The molecular formula is C12H17O8P. The fraction of sp³-hybridized carbons (Fsp3) is 0.500. The van der Waals surface area contributed by atoms with Crippen LogP contribution in [0, 0.1) is 0 Å². The zero-order valence-corrected chi connectivity index (χ0v) is 12.7. The average Bonchev–Trinajstić information content (AvgIpc) is 2.76. The molecule has 0 aliphatic carbocycles. The first-order chi connectivity index (χ1) is 9.73. The highest BCUT2D eigenvalue weighted by Gasteiger charge is 2.40. The monoisotopic (exact) mass is 320 g/mol. The molecule has 0 amide bonds. The molecule has 1 rings (SSSR count). The predicted octanol–water partition coefficient (Wildman–Crippen LogP) is 1.72. The van der Waals surface area contributed by atoms with Gasteiger partial charge in [0.25, 0.3) is 0 Å². The van der Waals surface area contributed by atoms with Gasteiger partial charge in [0.1, 0.15) is 13.2 Å². The summed E-state index contributed by atoms with van der Waals surface area (Å²) in [5, 5.41) is 0. The molecule has 8 nitrogen and oxygen atoms in total. The maximum Gasteiger partial charge on any atom is 0.478 e. The number of carbonyl (C=O) groups is 2. The number of rotatable bonds is 7. The Balaban J connectivity index is 2.32. The molecule has 0 radical (unpaired) electrons. The SMILES string of the molecule is C=C(C)C(=O)OCCOP1(=O)OCC(OC(=O)C(=C)C)O1. The molecule has 1 aliphatic heterocycles. The highest BCUT2D eigenvalue weighted by Crippen LogP contribution is 2.55. The van der Waals surface area contributed by atoms with Crippen LogP contribution in [0.5, 0.6) is 0 Å². The smallest absolute Gasteiger partial charge is 0.460 e. The maximum absolute atomic E-state index is 11.9. The van der Waals surface area contributed by atoms with Crippen LogP contribution in [0.1, 0.15) is 13.8 Å². The van der Waals surface area contributed by atoms with Crippen molar-refractivity contribution in [2.45, 2.75) is 20.1 Å². The minimum atomic E-state index is -3.82. The molecule has 0 saturated carbocycles. The Morgan fingerprint density at radius 2 is 1.81 bits per heavy atom. The third-order valence-electron chi connectivity index (χ3n) is 2.12. The zero-order chi connectivity index (χ0) is 16.0. The van der Waals surface area contributed by atoms with Crippen molar-refractivity contribution >= 4 is 19.8 Å². The Labute approximate surface area is 122 Å². The van der Waals surface area contributed by atoms with Crippen molar-refractivity contribution in [3.05, 3.63) is 24.3 Å². The first-order valence-corrected chi connectivity index (χ1v) is 7.46. The Bertz CT molecular complexity index is 497. The summed E-state index contributed by atoms with van der Waals surface area (Å²) >= 11 is 0. The molecule has 1 fully saturated rings. The predicted molar refractivity (Wildman–Crippen MR) is 71.1 cm³/mol. The molecule has 0 aromatic rings. The van der Waals surface area contributed by atoms with Gasteiger partial charge in [0.05, 0.1) is 6.61 Å². The van der Waals surface area contributed by atoms with E-state index in [4.69, 9.17) is 23.0 Å². The highest BCUT2D eigenvalue weighted by molar-refractivity contribution is 7.48. The lowest BCUT2D eigenvalue weighted by molar-refractivity contribution is -0.157. The van der Waals surface area contributed by atoms with Gasteiger partial charge in [-0.25, -0.2) is 18.7 Å². The summed E-state index contributed by atoms with van der Waals surface area (Å²) in [4.78, 5) is 22.3. The van der Waals surface area contributed by atoms with Crippen LogP contribution in [-0.4, -0.2) is 38.0 Å². The lowest BCUT2D eigenvalue weighted by atomic mass is 10.4. The van der Waals surface area contributed by atoms with Crippen molar-refractivity contribution in [2.24, 2.45) is 0 Å². The Morgan fingerprint density at radius 3 is 2.38 bits per heavy atom. The van der Waals surface area contributed by atoms with E-state index in [1.165, 1.54) is 13.8 Å². The van der Waals surface area contributed by atoms with Crippen LogP contribution in [0.4, 0.5) is 0 Å². The fourth-order valence-corrected chi connectivity index (χ4v) is 2.30. The molecule has 0 aromatic heterocycles. The molecule has 9 heteroatoms. The van der Waals surface area contributed by atoms with Gasteiger partial charge in [-0.3, -0.25) is 9.05 Å². The van der Waals surface area contributed by atoms with E-state index in [1.54, 1.807) is 0 Å². The molecule has 0 spiro atoms. The van der Waals surface area contributed by atoms with Crippen molar-refractivity contribution in [3.8, 4) is 0 Å². The summed E-state index contributed by atoms with van der Waals surface area (Å²) in [6.45, 7) is 9.20. The Kier molecular flexibility index (Phi) is 6.29. The standard InChI is InChI=1S/C12H17O8P/c1-8(2)11(13)16-5-6-17-21(15)18-7-10(20-21)19-12(14)9(3)4/h10H,1,3,5-7H2,2,4H3. The molecule has 0 N–H and O–H groups in total. The molecule has 0 aromatic carbocycles. The van der Waals surface area contributed by atoms with E-state index in [-0.39, 0.29) is 31.0 Å². The van der Waals surface area contributed by atoms with Crippen molar-refractivity contribution < 1.29 is 37.2 Å². The van der Waals surface area contributed by atoms with E-state index < -0.39 is 26.1 Å². The van der Waals surface area contributed by atoms with Crippen LogP contribution in [0.15, 0.2) is 24.3 Å². The van der Waals surface area contributed by atoms with Gasteiger partial charge in [0.2, 0.25) is 6.29 Å². The van der Waals surface area contributed by atoms with Gasteiger partial charge in [-0.2, -0.15) is 0 Å². The van der Waals surface area contributed by atoms with Crippen LogP contribution in [0.2, 0.25) is 0 Å². The normalized spacial score (nSPS) is 24.4. The van der Waals surface area contributed by atoms with Gasteiger partial charge in [0, 0.05) is 11.1 Å². The molecule has 2 unspecified atom stereocenters. The van der Waals surface area contributed by atoms with Gasteiger partial charge < -0.3 is 9.47 Å². The minimum Gasteiger partial charge on any atom is -0.460 e. The lowest BCUT2D eigenvalue weighted by Crippen LogP contribution is -2.19. The maximum atomic E-state index is 11.9. The van der Waals surface area contributed by atoms with Gasteiger partial charge in [-0.05, 0) is 13.8 Å². The van der Waals surface area contributed by atoms with Gasteiger partial charge in [0.15, 0.2) is 0 Å². The summed E-state index contributed by atoms with van der Waals surface area (Å²) < 4.78 is 36.1. The summed E-state index contributed by atoms with van der Waals surface area (Å²) in [7, 11) is -3.82. The van der Waals surface area contributed by atoms with E-state index in [1.807, 2.05) is 0 Å². The molecular weight excluding hydrogens is 303 g/mol. The molecule has 1 heterocycles. The summed E-state index contributed by atoms with van der Waals surface area (Å²) in [6.07, 6.45) is -1.13. The first-order valence-electron chi connectivity index (χ1n) is 6.00. The van der Waals surface area contributed by atoms with Crippen molar-refractivity contribution in [3.63, 3.8) is 0 Å². The average molecular weight is 320 g/mol. The molecule has 1 saturated heterocycles. The number of phosphoric acid groups is 1. The lowest BCUT2D eigenvalue weighted by Gasteiger charge is -2.12. The van der Waals surface area contributed by atoms with E-state index in [0.29, 0.717) is 0 Å². The first kappa shape index (κ1) is 17.6. The van der Waals surface area contributed by atoms with E-state index >= 15 is 0 Å². The second-order valence-electron chi connectivity index (χ2n) is 4.21. The molecule has 21 heavy (non-hydrogen) atoms. The van der Waals surface area contributed by atoms with Crippen LogP contribution < -0.4 is 0 Å². The number of ether oxygens (including phenoxy) is 2. The summed E-state index contributed by atoms with van der Waals surface area (Å²) in [6, 6.07) is 0. The Hall–Kier alpha value is -1.47. The van der Waals surface area contributed by atoms with Crippen LogP contribution in [0.25, 0.3) is 0 Å². The van der Waals surface area contributed by atoms with Crippen LogP contribution >= 0.6 is 7.82 Å². The quantitative estimate of drug-likeness (QED) is 0.303. The van der Waals surface area contributed by atoms with E-state index in [9.17, 15) is 14.2 Å². The number of hydrogen-bond donors (Lipinski definition) is 0. The van der Waals surface area contributed by atoms with Crippen molar-refractivity contribution in [2.75, 3.05) is 19.8 Å². The molecule has 1 aliphatic rings.